The molecule has 4 fully saturated rings. The number of nitrogens with zero attached hydrogens (tertiary/aromatic N) is 3. The Morgan fingerprint density at radius 2 is 1.49 bits per heavy atom. The number of rotatable bonds is 18. The summed E-state index contributed by atoms with van der Waals surface area (Å²) in [7, 11) is -5.91. The fourth-order valence-corrected chi connectivity index (χ4v) is 11.9. The van der Waals surface area contributed by atoms with Crippen molar-refractivity contribution in [2.45, 2.75) is 106 Å². The van der Waals surface area contributed by atoms with E-state index >= 15 is 9.18 Å². The Morgan fingerprint density at radius 1 is 0.810 bits per heavy atom. The number of alkyl halides is 2. The highest BCUT2D eigenvalue weighted by molar-refractivity contribution is 7.52. The fraction of sp³-hybridized carbons (Fsp3) is 0.411. The highest BCUT2D eigenvalue weighted by Crippen LogP contribution is 2.59. The predicted octanol–water partition coefficient (Wildman–Crippen LogP) is 4.79. The summed E-state index contributed by atoms with van der Waals surface area (Å²) >= 11 is 0. The molecule has 4 saturated heterocycles. The zero-order chi connectivity index (χ0) is 56.2. The van der Waals surface area contributed by atoms with Gasteiger partial charge >= 0.3 is 13.3 Å². The molecule has 4 aliphatic heterocycles. The molecule has 19 nitrogen and oxygen atoms in total. The monoisotopic (exact) mass is 1110 g/mol. The standard InChI is InChI=1S/C56H63F3N9O10P/c57-42-27-34(11-14-40(42)41-15-20-49(70)64-51(41)71)31-66-24-21-33(22-25-66)30-67-26-23-39-13-18-47(54(74)62-44(17-19-48(60)69)52(72)65-50(35-7-3-1-4-8-35)36-9-5-2-6-10-36)68(39)55(75)46(32-67)63-53(73)45-29-37-28-38(12-16-43(37)61-45)56(58,59)79(76,77)78/h1-12,14,16,27-29,33,39,41,44,46-47,50,61H,13,15,17-26,30-32H2,(H2,60,69)(H,62,74)(H,63,73)(H,65,72)(H,64,70,71)(H2,76,77,78)/t39-,41?,44+,46+,47+/m1/s1. The van der Waals surface area contributed by atoms with Gasteiger partial charge in [-0.15, -0.1) is 0 Å². The first kappa shape index (κ1) is 56.5. The minimum atomic E-state index is -5.91. The van der Waals surface area contributed by atoms with Crippen molar-refractivity contribution in [3.05, 3.63) is 142 Å². The quantitative estimate of drug-likeness (QED) is 0.0435. The van der Waals surface area contributed by atoms with E-state index < -0.39 is 96.2 Å². The van der Waals surface area contributed by atoms with Crippen LogP contribution in [-0.4, -0.2) is 128 Å². The van der Waals surface area contributed by atoms with Crippen molar-refractivity contribution in [3.8, 4) is 0 Å². The molecule has 0 bridgehead atoms. The van der Waals surface area contributed by atoms with Gasteiger partial charge in [-0.25, -0.2) is 4.39 Å². The number of likely N-dealkylation sites (tertiary alicyclic amines) is 1. The minimum absolute atomic E-state index is 0.0179. The smallest absolute Gasteiger partial charge is 0.370 e. The lowest BCUT2D eigenvalue weighted by Crippen LogP contribution is -2.61. The molecule has 23 heteroatoms. The molecule has 4 aliphatic rings. The molecule has 5 atom stereocenters. The molecule has 1 unspecified atom stereocenters. The van der Waals surface area contributed by atoms with E-state index in [1.807, 2.05) is 60.7 Å². The number of imide groups is 1. The molecule has 79 heavy (non-hydrogen) atoms. The average molecular weight is 1110 g/mol. The summed E-state index contributed by atoms with van der Waals surface area (Å²) in [6.45, 7) is 2.87. The number of carbonyl (C=O) groups excluding carboxylic acids is 7. The van der Waals surface area contributed by atoms with E-state index in [1.165, 1.54) is 17.0 Å². The number of benzene rings is 4. The van der Waals surface area contributed by atoms with Gasteiger partial charge in [-0.1, -0.05) is 78.9 Å². The first-order valence-electron chi connectivity index (χ1n) is 26.5. The molecule has 0 radical (unpaired) electrons. The van der Waals surface area contributed by atoms with Crippen LogP contribution in [0.2, 0.25) is 0 Å². The summed E-state index contributed by atoms with van der Waals surface area (Å²) in [5.74, 6) is -5.25. The van der Waals surface area contributed by atoms with Gasteiger partial charge in [0.1, 0.15) is 29.6 Å². The summed E-state index contributed by atoms with van der Waals surface area (Å²) in [4.78, 5) is 122. The lowest BCUT2D eigenvalue weighted by molar-refractivity contribution is -0.144. The van der Waals surface area contributed by atoms with E-state index in [-0.39, 0.29) is 72.6 Å². The number of halogens is 3. The second-order valence-corrected chi connectivity index (χ2v) is 22.7. The van der Waals surface area contributed by atoms with Gasteiger partial charge in [0.25, 0.3) is 5.91 Å². The lowest BCUT2D eigenvalue weighted by Gasteiger charge is -2.40. The number of fused-ring (bicyclic) bond motifs is 2. The van der Waals surface area contributed by atoms with Crippen LogP contribution in [0.4, 0.5) is 13.2 Å². The Kier molecular flexibility index (Phi) is 17.2. The van der Waals surface area contributed by atoms with Crippen LogP contribution in [0, 0.1) is 11.7 Å². The van der Waals surface area contributed by atoms with Crippen LogP contribution in [0.15, 0.2) is 103 Å². The normalized spacial score (nSPS) is 21.2. The molecule has 5 aromatic rings. The van der Waals surface area contributed by atoms with Crippen LogP contribution in [0.1, 0.15) is 108 Å². The van der Waals surface area contributed by atoms with Crippen molar-refractivity contribution >= 4 is 59.8 Å². The van der Waals surface area contributed by atoms with Crippen molar-refractivity contribution in [3.63, 3.8) is 0 Å². The van der Waals surface area contributed by atoms with Crippen LogP contribution in [0.5, 0.6) is 0 Å². The highest BCUT2D eigenvalue weighted by atomic mass is 31.2. The number of aromatic amines is 1. The van der Waals surface area contributed by atoms with E-state index in [0.29, 0.717) is 45.6 Å². The minimum Gasteiger partial charge on any atom is -0.370 e. The van der Waals surface area contributed by atoms with Crippen molar-refractivity contribution in [1.29, 1.82) is 0 Å². The molecule has 9 rings (SSSR count). The highest BCUT2D eigenvalue weighted by Gasteiger charge is 2.51. The third-order valence-electron chi connectivity index (χ3n) is 15.6. The van der Waals surface area contributed by atoms with Gasteiger partial charge in [-0.05, 0) is 105 Å². The molecular weight excluding hydrogens is 1050 g/mol. The molecular formula is C56H63F3N9O10P. The molecule has 0 aliphatic carbocycles. The summed E-state index contributed by atoms with van der Waals surface area (Å²) in [5, 5.41) is 11.0. The van der Waals surface area contributed by atoms with Gasteiger partial charge in [-0.3, -0.25) is 48.3 Å². The Labute approximate surface area is 453 Å². The average Bonchev–Trinajstić information content (AvgIpc) is 4.15. The van der Waals surface area contributed by atoms with E-state index in [1.54, 1.807) is 12.1 Å². The number of aromatic nitrogens is 1. The summed E-state index contributed by atoms with van der Waals surface area (Å²) < 4.78 is 56.6. The maximum Gasteiger partial charge on any atom is 0.399 e. The first-order chi connectivity index (χ1) is 37.7. The number of nitrogens with two attached hydrogens (primary N) is 1. The lowest BCUT2D eigenvalue weighted by atomic mass is 9.89. The van der Waals surface area contributed by atoms with E-state index in [2.05, 4.69) is 36.1 Å². The number of piperidine rings is 2. The van der Waals surface area contributed by atoms with Crippen LogP contribution < -0.4 is 27.0 Å². The van der Waals surface area contributed by atoms with Crippen molar-refractivity contribution in [2.24, 2.45) is 11.7 Å². The third-order valence-corrected chi connectivity index (χ3v) is 16.6. The van der Waals surface area contributed by atoms with Gasteiger partial charge in [-0.2, -0.15) is 8.78 Å². The van der Waals surface area contributed by atoms with Crippen molar-refractivity contribution in [1.82, 2.24) is 41.0 Å². The Hall–Kier alpha value is -7.23. The van der Waals surface area contributed by atoms with Crippen LogP contribution in [0.3, 0.4) is 0 Å². The van der Waals surface area contributed by atoms with E-state index in [9.17, 15) is 51.9 Å². The summed E-state index contributed by atoms with van der Waals surface area (Å²) in [6.07, 6.45) is 2.63. The number of primary amides is 1. The molecule has 7 amide bonds. The maximum atomic E-state index is 15.4. The predicted molar refractivity (Wildman–Crippen MR) is 283 cm³/mol. The number of carbonyl (C=O) groups is 7. The number of hydrogen-bond donors (Lipinski definition) is 8. The van der Waals surface area contributed by atoms with E-state index in [4.69, 9.17) is 5.73 Å². The molecule has 4 aromatic carbocycles. The maximum absolute atomic E-state index is 15.4. The van der Waals surface area contributed by atoms with Gasteiger partial charge in [0.05, 0.1) is 12.0 Å². The topological polar surface area (TPSA) is 277 Å². The SMILES string of the molecule is NC(=O)CC[C@H](NC(=O)[C@@H]1CC[C@@H]2CCN(CC3CCN(Cc4ccc(C5CCC(=O)NC5=O)c(F)c4)CC3)C[C@H](NC(=O)c3cc4cc(C(F)(F)P(=O)(O)O)ccc4[nH]3)C(=O)N21)C(=O)NC(c1ccccc1)c1ccccc1. The van der Waals surface area contributed by atoms with Crippen LogP contribution in [-0.2, 0) is 45.5 Å². The largest absolute Gasteiger partial charge is 0.399 e. The van der Waals surface area contributed by atoms with Gasteiger partial charge in [0.2, 0.25) is 35.4 Å². The van der Waals surface area contributed by atoms with E-state index in [0.717, 1.165) is 47.7 Å². The second kappa shape index (κ2) is 24.0. The number of hydrogen-bond acceptors (Lipinski definition) is 10. The van der Waals surface area contributed by atoms with Crippen molar-refractivity contribution in [2.75, 3.05) is 32.7 Å². The van der Waals surface area contributed by atoms with Gasteiger partial charge in [0, 0.05) is 67.1 Å². The number of nitrogens with one attached hydrogen (secondary N) is 5. The van der Waals surface area contributed by atoms with Crippen molar-refractivity contribution < 1.29 is 61.1 Å². The molecule has 9 N–H and O–H groups in total. The van der Waals surface area contributed by atoms with Crippen LogP contribution in [0.25, 0.3) is 10.9 Å². The number of H-pyrrole nitrogens is 1. The number of amides is 7. The third kappa shape index (κ3) is 13.1. The summed E-state index contributed by atoms with van der Waals surface area (Å²) in [6, 6.07) is 22.7. The molecule has 418 valence electrons. The van der Waals surface area contributed by atoms with Gasteiger partial charge in [0.15, 0.2) is 0 Å². The first-order valence-corrected chi connectivity index (χ1v) is 28.1. The van der Waals surface area contributed by atoms with Crippen LogP contribution >= 0.6 is 7.60 Å². The molecule has 5 heterocycles. The van der Waals surface area contributed by atoms with Gasteiger partial charge < -0.3 is 46.3 Å². The zero-order valence-electron chi connectivity index (χ0n) is 43.1. The molecule has 1 aromatic heterocycles. The second-order valence-electron chi connectivity index (χ2n) is 21.0. The molecule has 0 saturated carbocycles. The summed E-state index contributed by atoms with van der Waals surface area (Å²) in [5.41, 5.74) is 2.66. The molecule has 0 spiro atoms. The Bertz CT molecular complexity index is 3120. The Morgan fingerprint density at radius 3 is 2.14 bits per heavy atom. The Balaban J connectivity index is 0.915. The fourth-order valence-electron chi connectivity index (χ4n) is 11.4. The zero-order valence-corrected chi connectivity index (χ0v) is 44.0.